The van der Waals surface area contributed by atoms with Crippen LogP contribution in [0.4, 0.5) is 4.39 Å². The minimum absolute atomic E-state index is 0.00892. The number of carboxylic acids is 1. The Morgan fingerprint density at radius 2 is 1.91 bits per heavy atom. The van der Waals surface area contributed by atoms with E-state index >= 15 is 0 Å². The van der Waals surface area contributed by atoms with Gasteiger partial charge in [-0.25, -0.2) is 9.37 Å². The molecule has 182 valence electrons. The van der Waals surface area contributed by atoms with Crippen molar-refractivity contribution < 1.29 is 23.8 Å². The van der Waals surface area contributed by atoms with Gasteiger partial charge in [0.2, 0.25) is 5.88 Å². The SMILES string of the molecule is COc1cc(-c2ccc(C3CCCc4ccc(C(C5CC5)[C@H](C)C(=O)O)cc4O3)cc2)c(F)cn1. The minimum Gasteiger partial charge on any atom is -0.485 e. The molecule has 3 atom stereocenters. The Hall–Kier alpha value is -3.41. The van der Waals surface area contributed by atoms with E-state index in [1.165, 1.54) is 13.3 Å². The van der Waals surface area contributed by atoms with Gasteiger partial charge in [0, 0.05) is 11.6 Å². The number of aryl methyl sites for hydroxylation is 1. The Morgan fingerprint density at radius 3 is 2.60 bits per heavy atom. The number of halogens is 1. The quantitative estimate of drug-likeness (QED) is 0.419. The number of aromatic nitrogens is 1. The summed E-state index contributed by atoms with van der Waals surface area (Å²) < 4.78 is 26.0. The second kappa shape index (κ2) is 9.68. The molecule has 1 fully saturated rings. The number of fused-ring (bicyclic) bond motifs is 1. The van der Waals surface area contributed by atoms with E-state index in [-0.39, 0.29) is 12.0 Å². The predicted molar refractivity (Wildman–Crippen MR) is 131 cm³/mol. The fraction of sp³-hybridized carbons (Fsp3) is 0.379. The van der Waals surface area contributed by atoms with Crippen LogP contribution in [-0.4, -0.2) is 23.2 Å². The molecule has 5 nitrogen and oxygen atoms in total. The summed E-state index contributed by atoms with van der Waals surface area (Å²) in [7, 11) is 1.51. The van der Waals surface area contributed by atoms with Crippen LogP contribution in [-0.2, 0) is 11.2 Å². The van der Waals surface area contributed by atoms with Gasteiger partial charge in [0.05, 0.1) is 19.2 Å². The fourth-order valence-corrected chi connectivity index (χ4v) is 5.23. The van der Waals surface area contributed by atoms with Gasteiger partial charge >= 0.3 is 5.97 Å². The molecule has 3 aromatic rings. The van der Waals surface area contributed by atoms with Gasteiger partial charge in [-0.15, -0.1) is 0 Å². The number of nitrogens with zero attached hydrogens (tertiary/aromatic N) is 1. The lowest BCUT2D eigenvalue weighted by Gasteiger charge is -2.23. The van der Waals surface area contributed by atoms with Crippen molar-refractivity contribution in [3.8, 4) is 22.8 Å². The molecule has 2 aromatic carbocycles. The molecule has 0 spiro atoms. The maximum atomic E-state index is 14.4. The number of aliphatic carboxylic acids is 1. The highest BCUT2D eigenvalue weighted by atomic mass is 19.1. The highest BCUT2D eigenvalue weighted by Gasteiger charge is 2.39. The number of methoxy groups -OCH3 is 1. The molecule has 1 aliphatic heterocycles. The number of hydrogen-bond donors (Lipinski definition) is 1. The molecule has 2 heterocycles. The van der Waals surface area contributed by atoms with Gasteiger partial charge in [-0.2, -0.15) is 0 Å². The molecule has 1 N–H and O–H groups in total. The second-order valence-corrected chi connectivity index (χ2v) is 9.68. The molecule has 35 heavy (non-hydrogen) atoms. The number of pyridine rings is 1. The summed E-state index contributed by atoms with van der Waals surface area (Å²) in [6, 6.07) is 15.6. The zero-order valence-electron chi connectivity index (χ0n) is 20.0. The maximum absolute atomic E-state index is 14.4. The monoisotopic (exact) mass is 475 g/mol. The zero-order chi connectivity index (χ0) is 24.5. The Morgan fingerprint density at radius 1 is 1.14 bits per heavy atom. The highest BCUT2D eigenvalue weighted by Crippen LogP contribution is 2.48. The lowest BCUT2D eigenvalue weighted by molar-refractivity contribution is -0.142. The predicted octanol–water partition coefficient (Wildman–Crippen LogP) is 6.57. The van der Waals surface area contributed by atoms with Crippen LogP contribution in [0.3, 0.4) is 0 Å². The summed E-state index contributed by atoms with van der Waals surface area (Å²) in [5.41, 5.74) is 4.44. The van der Waals surface area contributed by atoms with Crippen LogP contribution in [0.15, 0.2) is 54.7 Å². The van der Waals surface area contributed by atoms with Crippen molar-refractivity contribution in [2.24, 2.45) is 11.8 Å². The molecule has 2 unspecified atom stereocenters. The van der Waals surface area contributed by atoms with E-state index < -0.39 is 17.7 Å². The molecule has 0 saturated heterocycles. The number of rotatable bonds is 7. The summed E-state index contributed by atoms with van der Waals surface area (Å²) >= 11 is 0. The summed E-state index contributed by atoms with van der Waals surface area (Å²) in [6.45, 7) is 1.81. The summed E-state index contributed by atoms with van der Waals surface area (Å²) in [5, 5.41) is 9.65. The van der Waals surface area contributed by atoms with Gasteiger partial charge in [-0.05, 0) is 72.3 Å². The number of carbonyl (C=O) groups is 1. The molecular formula is C29H30FNO4. The molecule has 6 heteroatoms. The first kappa shape index (κ1) is 23.3. The summed E-state index contributed by atoms with van der Waals surface area (Å²) in [4.78, 5) is 15.7. The average molecular weight is 476 g/mol. The third-order valence-electron chi connectivity index (χ3n) is 7.35. The maximum Gasteiger partial charge on any atom is 0.306 e. The third-order valence-corrected chi connectivity index (χ3v) is 7.35. The lowest BCUT2D eigenvalue weighted by atomic mass is 9.82. The standard InChI is InChI=1S/C29H30FNO4/c1-17(29(32)33)28(21-11-12-21)22-13-10-19-4-3-5-25(35-26(19)14-22)20-8-6-18(7-9-20)23-15-27(34-2)31-16-24(23)30/h6-10,13-17,21,25,28H,3-5,11-12H2,1-2H3,(H,32,33)/t17-,25?,28?/m0/s1. The van der Waals surface area contributed by atoms with Crippen LogP contribution >= 0.6 is 0 Å². The Balaban J connectivity index is 1.40. The van der Waals surface area contributed by atoms with E-state index in [1.807, 2.05) is 31.2 Å². The zero-order valence-corrected chi connectivity index (χ0v) is 20.0. The molecular weight excluding hydrogens is 445 g/mol. The largest absolute Gasteiger partial charge is 0.485 e. The first-order valence-electron chi connectivity index (χ1n) is 12.3. The van der Waals surface area contributed by atoms with Gasteiger partial charge in [-0.3, -0.25) is 4.79 Å². The normalized spacial score (nSPS) is 19.1. The topological polar surface area (TPSA) is 68.7 Å². The van der Waals surface area contributed by atoms with Crippen LogP contribution in [0.25, 0.3) is 11.1 Å². The first-order valence-corrected chi connectivity index (χ1v) is 12.3. The van der Waals surface area contributed by atoms with Gasteiger partial charge in [0.25, 0.3) is 0 Å². The fourth-order valence-electron chi connectivity index (χ4n) is 5.23. The molecule has 0 bridgehead atoms. The minimum atomic E-state index is -0.751. The third kappa shape index (κ3) is 4.88. The van der Waals surface area contributed by atoms with E-state index in [2.05, 4.69) is 23.2 Å². The molecule has 1 aliphatic carbocycles. The smallest absolute Gasteiger partial charge is 0.306 e. The number of benzene rings is 2. The first-order chi connectivity index (χ1) is 16.9. The van der Waals surface area contributed by atoms with E-state index in [4.69, 9.17) is 9.47 Å². The van der Waals surface area contributed by atoms with Crippen molar-refractivity contribution in [3.63, 3.8) is 0 Å². The molecule has 0 radical (unpaired) electrons. The van der Waals surface area contributed by atoms with Crippen molar-refractivity contribution in [2.75, 3.05) is 7.11 Å². The number of hydrogen-bond acceptors (Lipinski definition) is 4. The van der Waals surface area contributed by atoms with Crippen LogP contribution in [0.5, 0.6) is 11.6 Å². The molecule has 5 rings (SSSR count). The van der Waals surface area contributed by atoms with Crippen LogP contribution < -0.4 is 9.47 Å². The molecule has 2 aliphatic rings. The Kier molecular flexibility index (Phi) is 6.46. The van der Waals surface area contributed by atoms with E-state index in [0.29, 0.717) is 17.4 Å². The molecule has 0 amide bonds. The van der Waals surface area contributed by atoms with Crippen LogP contribution in [0, 0.1) is 17.7 Å². The van der Waals surface area contributed by atoms with Crippen molar-refractivity contribution in [3.05, 3.63) is 77.2 Å². The average Bonchev–Trinajstić information content (AvgIpc) is 3.71. The summed E-state index contributed by atoms with van der Waals surface area (Å²) in [6.07, 6.45) is 6.01. The van der Waals surface area contributed by atoms with Gasteiger partial charge in [0.15, 0.2) is 0 Å². The lowest BCUT2D eigenvalue weighted by Crippen LogP contribution is -2.20. The van der Waals surface area contributed by atoms with E-state index in [0.717, 1.165) is 60.1 Å². The van der Waals surface area contributed by atoms with E-state index in [1.54, 1.807) is 6.07 Å². The van der Waals surface area contributed by atoms with Crippen molar-refractivity contribution in [2.45, 2.75) is 51.0 Å². The van der Waals surface area contributed by atoms with E-state index in [9.17, 15) is 14.3 Å². The van der Waals surface area contributed by atoms with Crippen molar-refractivity contribution in [1.82, 2.24) is 4.98 Å². The molecule has 1 aromatic heterocycles. The Labute approximate surface area is 204 Å². The van der Waals surface area contributed by atoms with Crippen molar-refractivity contribution in [1.29, 1.82) is 0 Å². The van der Waals surface area contributed by atoms with Gasteiger partial charge in [0.1, 0.15) is 17.7 Å². The van der Waals surface area contributed by atoms with Crippen LogP contribution in [0.2, 0.25) is 0 Å². The number of carboxylic acid groups (broad SMARTS) is 1. The number of ether oxygens (including phenoxy) is 2. The van der Waals surface area contributed by atoms with Crippen molar-refractivity contribution >= 4 is 5.97 Å². The second-order valence-electron chi connectivity index (χ2n) is 9.68. The highest BCUT2D eigenvalue weighted by molar-refractivity contribution is 5.71. The summed E-state index contributed by atoms with van der Waals surface area (Å²) in [5.74, 6) is 0.0800. The van der Waals surface area contributed by atoms with Crippen LogP contribution in [0.1, 0.15) is 61.3 Å². The van der Waals surface area contributed by atoms with Gasteiger partial charge < -0.3 is 14.6 Å². The van der Waals surface area contributed by atoms with Gasteiger partial charge in [-0.1, -0.05) is 43.3 Å². The molecule has 1 saturated carbocycles. The Bertz CT molecular complexity index is 1220.